The monoisotopic (exact) mass is 437 g/mol. The SMILES string of the molecule is COc1cc(S(=O)(=O)N(C)CCN(C)C)c(OC)cc1-c1cc(C)c(=O)n(C)c1C. The summed E-state index contributed by atoms with van der Waals surface area (Å²) < 4.78 is 40.2. The predicted octanol–water partition coefficient (Wildman–Crippen LogP) is 1.87. The number of methoxy groups -OCH3 is 2. The average Bonchev–Trinajstić information content (AvgIpc) is 2.71. The summed E-state index contributed by atoms with van der Waals surface area (Å²) in [5.41, 5.74) is 2.67. The Morgan fingerprint density at radius 2 is 1.53 bits per heavy atom. The van der Waals surface area contributed by atoms with Crippen LogP contribution in [-0.2, 0) is 17.1 Å². The fourth-order valence-electron chi connectivity index (χ4n) is 3.16. The molecular formula is C21H31N3O5S. The minimum atomic E-state index is -3.80. The van der Waals surface area contributed by atoms with E-state index in [0.29, 0.717) is 30.0 Å². The van der Waals surface area contributed by atoms with Gasteiger partial charge in [-0.15, -0.1) is 0 Å². The number of pyridine rings is 1. The van der Waals surface area contributed by atoms with Crippen LogP contribution in [0.25, 0.3) is 11.1 Å². The third kappa shape index (κ3) is 4.53. The van der Waals surface area contributed by atoms with Gasteiger partial charge in [-0.3, -0.25) is 4.79 Å². The molecule has 0 atom stereocenters. The van der Waals surface area contributed by atoms with Crippen molar-refractivity contribution in [1.82, 2.24) is 13.8 Å². The molecule has 0 aliphatic heterocycles. The summed E-state index contributed by atoms with van der Waals surface area (Å²) in [7, 11) is 6.14. The van der Waals surface area contributed by atoms with Gasteiger partial charge in [-0.05, 0) is 40.1 Å². The topological polar surface area (TPSA) is 81.1 Å². The van der Waals surface area contributed by atoms with Crippen LogP contribution in [0.3, 0.4) is 0 Å². The first-order chi connectivity index (χ1) is 13.9. The van der Waals surface area contributed by atoms with Crippen LogP contribution in [0, 0.1) is 13.8 Å². The molecule has 0 N–H and O–H groups in total. The molecule has 1 aromatic carbocycles. The molecule has 0 amide bonds. The third-order valence-electron chi connectivity index (χ3n) is 5.22. The van der Waals surface area contributed by atoms with Crippen molar-refractivity contribution in [2.24, 2.45) is 7.05 Å². The van der Waals surface area contributed by atoms with Crippen molar-refractivity contribution >= 4 is 10.0 Å². The lowest BCUT2D eigenvalue weighted by molar-refractivity contribution is 0.355. The molecule has 0 saturated carbocycles. The zero-order chi connectivity index (χ0) is 22.8. The van der Waals surface area contributed by atoms with Gasteiger partial charge >= 0.3 is 0 Å². The van der Waals surface area contributed by atoms with E-state index in [-0.39, 0.29) is 16.2 Å². The molecule has 9 heteroatoms. The van der Waals surface area contributed by atoms with Crippen LogP contribution >= 0.6 is 0 Å². The molecule has 0 aliphatic carbocycles. The maximum Gasteiger partial charge on any atom is 0.253 e. The summed E-state index contributed by atoms with van der Waals surface area (Å²) in [6.07, 6.45) is 0. The van der Waals surface area contributed by atoms with E-state index in [1.54, 1.807) is 37.7 Å². The molecule has 0 fully saturated rings. The summed E-state index contributed by atoms with van der Waals surface area (Å²) in [5, 5.41) is 0. The second-order valence-electron chi connectivity index (χ2n) is 7.52. The lowest BCUT2D eigenvalue weighted by atomic mass is 10.0. The van der Waals surface area contributed by atoms with Crippen LogP contribution in [0.15, 0.2) is 27.9 Å². The second kappa shape index (κ2) is 9.20. The van der Waals surface area contributed by atoms with E-state index < -0.39 is 10.0 Å². The normalized spacial score (nSPS) is 11.9. The van der Waals surface area contributed by atoms with Crippen molar-refractivity contribution in [1.29, 1.82) is 0 Å². The van der Waals surface area contributed by atoms with Crippen molar-refractivity contribution in [3.8, 4) is 22.6 Å². The maximum absolute atomic E-state index is 13.2. The van der Waals surface area contributed by atoms with Gasteiger partial charge in [0.1, 0.15) is 16.4 Å². The van der Waals surface area contributed by atoms with E-state index in [2.05, 4.69) is 0 Å². The Morgan fingerprint density at radius 1 is 0.933 bits per heavy atom. The van der Waals surface area contributed by atoms with Crippen LogP contribution in [-0.4, -0.2) is 70.6 Å². The highest BCUT2D eigenvalue weighted by Gasteiger charge is 2.28. The molecule has 0 spiro atoms. The van der Waals surface area contributed by atoms with Gasteiger partial charge in [-0.2, -0.15) is 4.31 Å². The van der Waals surface area contributed by atoms with Gasteiger partial charge in [0, 0.05) is 55.6 Å². The van der Waals surface area contributed by atoms with Crippen LogP contribution in [0.1, 0.15) is 11.3 Å². The molecule has 0 radical (unpaired) electrons. The number of nitrogens with zero attached hydrogens (tertiary/aromatic N) is 3. The summed E-state index contributed by atoms with van der Waals surface area (Å²) in [4.78, 5) is 14.2. The van der Waals surface area contributed by atoms with Gasteiger partial charge in [-0.25, -0.2) is 8.42 Å². The molecule has 0 bridgehead atoms. The molecule has 0 saturated heterocycles. The van der Waals surface area contributed by atoms with Gasteiger partial charge in [0.05, 0.1) is 14.2 Å². The zero-order valence-electron chi connectivity index (χ0n) is 18.9. The number of rotatable bonds is 8. The fourth-order valence-corrected chi connectivity index (χ4v) is 4.47. The van der Waals surface area contributed by atoms with Gasteiger partial charge in [0.15, 0.2) is 0 Å². The van der Waals surface area contributed by atoms with E-state index in [9.17, 15) is 13.2 Å². The minimum Gasteiger partial charge on any atom is -0.496 e. The molecule has 8 nitrogen and oxygen atoms in total. The number of hydrogen-bond donors (Lipinski definition) is 0. The largest absolute Gasteiger partial charge is 0.496 e. The van der Waals surface area contributed by atoms with E-state index in [0.717, 1.165) is 11.3 Å². The van der Waals surface area contributed by atoms with Crippen LogP contribution < -0.4 is 15.0 Å². The number of sulfonamides is 1. The van der Waals surface area contributed by atoms with Crippen molar-refractivity contribution < 1.29 is 17.9 Å². The summed E-state index contributed by atoms with van der Waals surface area (Å²) in [6.45, 7) is 4.50. The lowest BCUT2D eigenvalue weighted by Crippen LogP contribution is -2.33. The van der Waals surface area contributed by atoms with Gasteiger partial charge in [0.25, 0.3) is 5.56 Å². The van der Waals surface area contributed by atoms with Gasteiger partial charge in [0.2, 0.25) is 10.0 Å². The Kier molecular flexibility index (Phi) is 7.33. The van der Waals surface area contributed by atoms with E-state index >= 15 is 0 Å². The molecule has 0 unspecified atom stereocenters. The molecule has 166 valence electrons. The van der Waals surface area contributed by atoms with Crippen molar-refractivity contribution in [2.45, 2.75) is 18.7 Å². The van der Waals surface area contributed by atoms with Crippen molar-refractivity contribution in [2.75, 3.05) is 48.5 Å². The Balaban J connectivity index is 2.70. The first-order valence-corrected chi connectivity index (χ1v) is 10.9. The molecule has 2 rings (SSSR count). The highest BCUT2D eigenvalue weighted by molar-refractivity contribution is 7.89. The van der Waals surface area contributed by atoms with E-state index in [1.807, 2.05) is 25.9 Å². The number of hydrogen-bond acceptors (Lipinski definition) is 6. The summed E-state index contributed by atoms with van der Waals surface area (Å²) >= 11 is 0. The first kappa shape index (κ1) is 23.9. The highest BCUT2D eigenvalue weighted by Crippen LogP contribution is 2.40. The number of likely N-dealkylation sites (N-methyl/N-ethyl adjacent to an activating group) is 2. The Morgan fingerprint density at radius 3 is 2.07 bits per heavy atom. The van der Waals surface area contributed by atoms with Gasteiger partial charge < -0.3 is 18.9 Å². The quantitative estimate of drug-likeness (QED) is 0.627. The Hall–Kier alpha value is -2.36. The number of ether oxygens (including phenoxy) is 2. The second-order valence-corrected chi connectivity index (χ2v) is 9.54. The third-order valence-corrected chi connectivity index (χ3v) is 7.10. The van der Waals surface area contributed by atoms with Crippen LogP contribution in [0.5, 0.6) is 11.5 Å². The summed E-state index contributed by atoms with van der Waals surface area (Å²) in [6, 6.07) is 4.92. The lowest BCUT2D eigenvalue weighted by Gasteiger charge is -2.22. The zero-order valence-corrected chi connectivity index (χ0v) is 19.8. The van der Waals surface area contributed by atoms with Crippen LogP contribution in [0.4, 0.5) is 0 Å². The molecule has 2 aromatic rings. The minimum absolute atomic E-state index is 0.0334. The molecular weight excluding hydrogens is 406 g/mol. The van der Waals surface area contributed by atoms with E-state index in [1.165, 1.54) is 24.6 Å². The maximum atomic E-state index is 13.2. The first-order valence-electron chi connectivity index (χ1n) is 9.50. The molecule has 30 heavy (non-hydrogen) atoms. The van der Waals surface area contributed by atoms with Crippen molar-refractivity contribution in [3.05, 3.63) is 39.8 Å². The average molecular weight is 438 g/mol. The standard InChI is InChI=1S/C21H31N3O5S/c1-14-11-16(15(2)24(6)21(14)25)17-12-19(29-8)20(13-18(17)28-7)30(26,27)23(5)10-9-22(3)4/h11-13H,9-10H2,1-8H3. The fraction of sp³-hybridized carbons (Fsp3) is 0.476. The predicted molar refractivity (Wildman–Crippen MR) is 118 cm³/mol. The molecule has 1 heterocycles. The Labute approximate surface area is 178 Å². The summed E-state index contributed by atoms with van der Waals surface area (Å²) in [5.74, 6) is 0.602. The molecule has 0 aliphatic rings. The molecule has 1 aromatic heterocycles. The number of aromatic nitrogens is 1. The highest BCUT2D eigenvalue weighted by atomic mass is 32.2. The smallest absolute Gasteiger partial charge is 0.253 e. The van der Waals surface area contributed by atoms with Gasteiger partial charge in [-0.1, -0.05) is 0 Å². The van der Waals surface area contributed by atoms with Crippen LogP contribution in [0.2, 0.25) is 0 Å². The van der Waals surface area contributed by atoms with E-state index in [4.69, 9.17) is 9.47 Å². The number of benzene rings is 1. The number of aryl methyl sites for hydroxylation is 1. The Bertz CT molecular complexity index is 1090. The van der Waals surface area contributed by atoms with Crippen molar-refractivity contribution in [3.63, 3.8) is 0 Å².